The molecule has 0 unspecified atom stereocenters. The summed E-state index contributed by atoms with van der Waals surface area (Å²) in [7, 11) is 1.30. The lowest BCUT2D eigenvalue weighted by molar-refractivity contribution is 0.0598. The summed E-state index contributed by atoms with van der Waals surface area (Å²) in [6.07, 6.45) is 2.00. The topological polar surface area (TPSA) is 79.5 Å². The lowest BCUT2D eigenvalue weighted by atomic mass is 9.88. The van der Waals surface area contributed by atoms with Gasteiger partial charge in [0.05, 0.1) is 18.2 Å². The third kappa shape index (κ3) is 4.52. The maximum atomic E-state index is 14.0. The van der Waals surface area contributed by atoms with Crippen molar-refractivity contribution in [3.05, 3.63) is 57.9 Å². The highest BCUT2D eigenvalue weighted by molar-refractivity contribution is 6.01. The molecule has 0 bridgehead atoms. The minimum absolute atomic E-state index is 0.246. The number of hydrogen-bond donors (Lipinski definition) is 1. The molecule has 3 rings (SSSR count). The van der Waals surface area contributed by atoms with Crippen molar-refractivity contribution in [3.63, 3.8) is 0 Å². The van der Waals surface area contributed by atoms with Gasteiger partial charge in [-0.25, -0.2) is 13.6 Å². The quantitative estimate of drug-likeness (QED) is 0.551. The number of halogens is 2. The van der Waals surface area contributed by atoms with Crippen LogP contribution in [0.15, 0.2) is 18.2 Å². The van der Waals surface area contributed by atoms with Gasteiger partial charge in [0.25, 0.3) is 5.91 Å². The summed E-state index contributed by atoms with van der Waals surface area (Å²) in [4.78, 5) is 42.7. The van der Waals surface area contributed by atoms with Crippen LogP contribution in [-0.2, 0) is 11.2 Å². The Kier molecular flexibility index (Phi) is 6.87. The Morgan fingerprint density at radius 3 is 2.48 bits per heavy atom. The van der Waals surface area contributed by atoms with Gasteiger partial charge in [-0.05, 0) is 49.9 Å². The molecule has 0 atom stereocenters. The van der Waals surface area contributed by atoms with Crippen molar-refractivity contribution in [1.82, 2.24) is 9.88 Å². The number of carbonyl (C=O) groups is 3. The van der Waals surface area contributed by atoms with Gasteiger partial charge in [-0.1, -0.05) is 13.3 Å². The van der Waals surface area contributed by atoms with Crippen molar-refractivity contribution >= 4 is 17.7 Å². The van der Waals surface area contributed by atoms with E-state index in [0.717, 1.165) is 24.6 Å². The highest BCUT2D eigenvalue weighted by Gasteiger charge is 2.32. The summed E-state index contributed by atoms with van der Waals surface area (Å²) < 4.78 is 32.3. The van der Waals surface area contributed by atoms with Crippen LogP contribution in [0.5, 0.6) is 0 Å². The van der Waals surface area contributed by atoms with E-state index in [2.05, 4.69) is 4.98 Å². The Morgan fingerprint density at radius 1 is 1.19 bits per heavy atom. The van der Waals surface area contributed by atoms with E-state index >= 15 is 0 Å². The first-order valence-electron chi connectivity index (χ1n) is 10.4. The van der Waals surface area contributed by atoms with Gasteiger partial charge in [-0.2, -0.15) is 0 Å². The first-order chi connectivity index (χ1) is 14.8. The van der Waals surface area contributed by atoms with Crippen LogP contribution in [0.4, 0.5) is 8.78 Å². The summed E-state index contributed by atoms with van der Waals surface area (Å²) in [5.41, 5.74) is 1.71. The van der Waals surface area contributed by atoms with E-state index < -0.39 is 29.3 Å². The zero-order valence-corrected chi connectivity index (χ0v) is 17.9. The van der Waals surface area contributed by atoms with E-state index in [9.17, 15) is 23.2 Å². The van der Waals surface area contributed by atoms with E-state index in [1.165, 1.54) is 7.11 Å². The van der Waals surface area contributed by atoms with Gasteiger partial charge in [0, 0.05) is 24.7 Å². The fourth-order valence-electron chi connectivity index (χ4n) is 4.15. The number of esters is 1. The van der Waals surface area contributed by atoms with E-state index in [1.807, 2.05) is 6.92 Å². The first-order valence-corrected chi connectivity index (χ1v) is 10.4. The third-order valence-electron chi connectivity index (χ3n) is 5.74. The number of hydrogen-bond acceptors (Lipinski definition) is 4. The number of H-pyrrole nitrogens is 1. The molecule has 1 fully saturated rings. The zero-order valence-electron chi connectivity index (χ0n) is 17.9. The number of Topliss-reactive ketones (excluding diaryl/α,β-unsaturated/α-hetero) is 1. The number of rotatable bonds is 6. The second-order valence-electron chi connectivity index (χ2n) is 7.78. The Bertz CT molecular complexity index is 1010. The molecule has 1 saturated heterocycles. The van der Waals surface area contributed by atoms with Gasteiger partial charge in [-0.3, -0.25) is 9.59 Å². The summed E-state index contributed by atoms with van der Waals surface area (Å²) in [6.45, 7) is 4.30. The molecule has 1 aromatic carbocycles. The van der Waals surface area contributed by atoms with Crippen molar-refractivity contribution in [1.29, 1.82) is 0 Å². The van der Waals surface area contributed by atoms with Gasteiger partial charge < -0.3 is 14.6 Å². The van der Waals surface area contributed by atoms with Crippen LogP contribution in [0, 0.1) is 24.5 Å². The predicted molar refractivity (Wildman–Crippen MR) is 110 cm³/mol. The molecule has 2 heterocycles. The number of methoxy groups -OCH3 is 1. The molecule has 166 valence electrons. The summed E-state index contributed by atoms with van der Waals surface area (Å²) >= 11 is 0. The number of nitrogens with one attached hydrogen (secondary N) is 1. The van der Waals surface area contributed by atoms with E-state index in [1.54, 1.807) is 11.8 Å². The van der Waals surface area contributed by atoms with Crippen LogP contribution in [0.3, 0.4) is 0 Å². The molecule has 1 aliphatic heterocycles. The van der Waals surface area contributed by atoms with Gasteiger partial charge in [-0.15, -0.1) is 0 Å². The van der Waals surface area contributed by atoms with Crippen LogP contribution in [0.1, 0.15) is 68.6 Å². The molecule has 1 aromatic heterocycles. The number of aromatic amines is 1. The number of aromatic nitrogens is 1. The number of nitrogens with zero attached hydrogens (tertiary/aromatic N) is 1. The van der Waals surface area contributed by atoms with Gasteiger partial charge >= 0.3 is 5.97 Å². The number of amides is 1. The second-order valence-corrected chi connectivity index (χ2v) is 7.78. The van der Waals surface area contributed by atoms with Crippen molar-refractivity contribution in [3.8, 4) is 0 Å². The highest BCUT2D eigenvalue weighted by Crippen LogP contribution is 2.27. The van der Waals surface area contributed by atoms with E-state index in [-0.39, 0.29) is 11.5 Å². The molecule has 6 nitrogen and oxygen atoms in total. The zero-order chi connectivity index (χ0) is 22.7. The van der Waals surface area contributed by atoms with Gasteiger partial charge in [0.15, 0.2) is 5.78 Å². The number of carbonyl (C=O) groups excluding carboxylic acids is 3. The van der Waals surface area contributed by atoms with E-state index in [0.29, 0.717) is 54.9 Å². The Labute approximate surface area is 179 Å². The summed E-state index contributed by atoms with van der Waals surface area (Å²) in [6, 6.07) is 2.84. The second kappa shape index (κ2) is 9.41. The minimum Gasteiger partial charge on any atom is -0.465 e. The molecule has 1 aliphatic rings. The summed E-state index contributed by atoms with van der Waals surface area (Å²) in [5.74, 6) is -3.07. The first kappa shape index (κ1) is 22.7. The SMILES string of the molecule is CCCc1c(C(=O)N2CCC(C(=O)c3cc(F)ccc3F)CC2)[nH]c(C)c1C(=O)OC. The average Bonchev–Trinajstić information content (AvgIpc) is 3.10. The molecular weight excluding hydrogens is 406 g/mol. The Balaban J connectivity index is 1.75. The lowest BCUT2D eigenvalue weighted by Gasteiger charge is -2.31. The number of benzene rings is 1. The standard InChI is InChI=1S/C23H26F2N2O4/c1-4-5-16-19(23(30)31-3)13(2)26-20(16)22(29)27-10-8-14(9-11-27)21(28)17-12-15(24)6-7-18(17)25/h6-7,12,14,26H,4-5,8-11H2,1-3H3. The lowest BCUT2D eigenvalue weighted by Crippen LogP contribution is -2.41. The Hall–Kier alpha value is -3.03. The molecule has 31 heavy (non-hydrogen) atoms. The third-order valence-corrected chi connectivity index (χ3v) is 5.74. The molecule has 1 N–H and O–H groups in total. The molecule has 2 aromatic rings. The van der Waals surface area contributed by atoms with Crippen molar-refractivity contribution in [2.75, 3.05) is 20.2 Å². The number of aryl methyl sites for hydroxylation is 1. The fraction of sp³-hybridized carbons (Fsp3) is 0.435. The number of likely N-dealkylation sites (tertiary alicyclic amines) is 1. The monoisotopic (exact) mass is 432 g/mol. The molecular formula is C23H26F2N2O4. The van der Waals surface area contributed by atoms with Gasteiger partial charge in [0.2, 0.25) is 0 Å². The molecule has 0 aliphatic carbocycles. The van der Waals surface area contributed by atoms with E-state index in [4.69, 9.17) is 4.74 Å². The summed E-state index contributed by atoms with van der Waals surface area (Å²) in [5, 5.41) is 0. The maximum Gasteiger partial charge on any atom is 0.339 e. The van der Waals surface area contributed by atoms with Crippen LogP contribution in [0.25, 0.3) is 0 Å². The fourth-order valence-corrected chi connectivity index (χ4v) is 4.15. The smallest absolute Gasteiger partial charge is 0.339 e. The van der Waals surface area contributed by atoms with Crippen LogP contribution < -0.4 is 0 Å². The van der Waals surface area contributed by atoms with Crippen LogP contribution in [-0.4, -0.2) is 47.7 Å². The maximum absolute atomic E-state index is 14.0. The number of ketones is 1. The predicted octanol–water partition coefficient (Wildman–Crippen LogP) is 4.08. The minimum atomic E-state index is -0.744. The largest absolute Gasteiger partial charge is 0.465 e. The van der Waals surface area contributed by atoms with Crippen molar-refractivity contribution < 1.29 is 27.9 Å². The van der Waals surface area contributed by atoms with Crippen LogP contribution >= 0.6 is 0 Å². The molecule has 0 radical (unpaired) electrons. The van der Waals surface area contributed by atoms with Crippen LogP contribution in [0.2, 0.25) is 0 Å². The van der Waals surface area contributed by atoms with Crippen molar-refractivity contribution in [2.24, 2.45) is 5.92 Å². The highest BCUT2D eigenvalue weighted by atomic mass is 19.1. The van der Waals surface area contributed by atoms with Gasteiger partial charge in [0.1, 0.15) is 17.3 Å². The normalized spacial score (nSPS) is 14.5. The number of ether oxygens (including phenoxy) is 1. The molecule has 0 saturated carbocycles. The average molecular weight is 432 g/mol. The number of piperidine rings is 1. The molecule has 8 heteroatoms. The molecule has 0 spiro atoms. The van der Waals surface area contributed by atoms with Crippen molar-refractivity contribution in [2.45, 2.75) is 39.5 Å². The Morgan fingerprint density at radius 2 is 1.87 bits per heavy atom. The molecule has 1 amide bonds.